The van der Waals surface area contributed by atoms with E-state index in [1.54, 1.807) is 0 Å². The van der Waals surface area contributed by atoms with Crippen LogP contribution in [0.5, 0.6) is 0 Å². The molecule has 26 heavy (non-hydrogen) atoms. The summed E-state index contributed by atoms with van der Waals surface area (Å²) in [5.74, 6) is 0.0469. The second-order valence-corrected chi connectivity index (χ2v) is 7.03. The predicted molar refractivity (Wildman–Crippen MR) is 103 cm³/mol. The summed E-state index contributed by atoms with van der Waals surface area (Å²) < 4.78 is 0. The van der Waals surface area contributed by atoms with Crippen LogP contribution in [0.1, 0.15) is 21.6 Å². The van der Waals surface area contributed by atoms with Crippen LogP contribution in [-0.4, -0.2) is 42.0 Å². The number of aromatic nitrogens is 1. The van der Waals surface area contributed by atoms with E-state index in [1.165, 1.54) is 16.0 Å². The van der Waals surface area contributed by atoms with Crippen molar-refractivity contribution in [1.29, 1.82) is 0 Å². The van der Waals surface area contributed by atoms with Gasteiger partial charge in [0.2, 0.25) is 0 Å². The molecule has 2 aromatic carbocycles. The second-order valence-electron chi connectivity index (χ2n) is 7.03. The van der Waals surface area contributed by atoms with Crippen LogP contribution in [0.25, 0.3) is 10.9 Å². The van der Waals surface area contributed by atoms with Gasteiger partial charge in [0.1, 0.15) is 12.2 Å². The number of nitrogens with zero attached hydrogens (tertiary/aromatic N) is 2. The number of para-hydroxylation sites is 1. The third kappa shape index (κ3) is 3.46. The van der Waals surface area contributed by atoms with Gasteiger partial charge in [0.25, 0.3) is 5.91 Å². The molecule has 0 radical (unpaired) electrons. The third-order valence-electron chi connectivity index (χ3n) is 5.28. The number of hydrogen-bond acceptors (Lipinski definition) is 2. The average molecular weight is 346 g/mol. The van der Waals surface area contributed by atoms with Gasteiger partial charge in [-0.1, -0.05) is 48.5 Å². The highest BCUT2D eigenvalue weighted by Gasteiger charge is 2.25. The molecule has 132 valence electrons. The standard InChI is InChI=1S/C22H23N3O/c1-17-6-2-3-8-19(17)16-24-12-14-25(15-13-24)22(26)21-11-10-18-7-4-5-9-20(18)23-21/h2-11H,12-16H2,1H3/p+1. The summed E-state index contributed by atoms with van der Waals surface area (Å²) in [5, 5.41) is 1.07. The molecule has 4 heteroatoms. The number of benzene rings is 2. The van der Waals surface area contributed by atoms with Crippen molar-refractivity contribution in [2.45, 2.75) is 13.5 Å². The molecule has 0 saturated carbocycles. The first kappa shape index (κ1) is 16.7. The Kier molecular flexibility index (Phi) is 4.67. The van der Waals surface area contributed by atoms with Crippen LogP contribution in [0.15, 0.2) is 60.7 Å². The topological polar surface area (TPSA) is 37.6 Å². The number of nitrogens with one attached hydrogen (secondary N) is 1. The Morgan fingerprint density at radius 1 is 1.00 bits per heavy atom. The Morgan fingerprint density at radius 2 is 1.73 bits per heavy atom. The maximum Gasteiger partial charge on any atom is 0.272 e. The van der Waals surface area contributed by atoms with E-state index in [-0.39, 0.29) is 5.91 Å². The lowest BCUT2D eigenvalue weighted by Crippen LogP contribution is -3.13. The Hall–Kier alpha value is -2.72. The van der Waals surface area contributed by atoms with E-state index in [4.69, 9.17) is 0 Å². The summed E-state index contributed by atoms with van der Waals surface area (Å²) in [7, 11) is 0. The number of fused-ring (bicyclic) bond motifs is 1. The SMILES string of the molecule is Cc1ccccc1C[NH+]1CCN(C(=O)c2ccc3ccccc3n2)CC1. The van der Waals surface area contributed by atoms with E-state index in [1.807, 2.05) is 41.3 Å². The predicted octanol–water partition coefficient (Wildman–Crippen LogP) is 2.08. The summed E-state index contributed by atoms with van der Waals surface area (Å²) in [6.45, 7) is 6.73. The van der Waals surface area contributed by atoms with Gasteiger partial charge >= 0.3 is 0 Å². The van der Waals surface area contributed by atoms with Gasteiger partial charge in [-0.05, 0) is 24.6 Å². The van der Waals surface area contributed by atoms with Gasteiger partial charge in [-0.15, -0.1) is 0 Å². The molecule has 0 atom stereocenters. The minimum Gasteiger partial charge on any atom is -0.328 e. The molecule has 1 aromatic heterocycles. The maximum absolute atomic E-state index is 12.8. The van der Waals surface area contributed by atoms with E-state index < -0.39 is 0 Å². The highest BCUT2D eigenvalue weighted by Crippen LogP contribution is 2.13. The number of quaternary nitrogens is 1. The van der Waals surface area contributed by atoms with Gasteiger partial charge in [-0.2, -0.15) is 0 Å². The smallest absolute Gasteiger partial charge is 0.272 e. The zero-order valence-corrected chi connectivity index (χ0v) is 15.1. The maximum atomic E-state index is 12.8. The van der Waals surface area contributed by atoms with Crippen LogP contribution in [0.3, 0.4) is 0 Å². The summed E-state index contributed by atoms with van der Waals surface area (Å²) in [6.07, 6.45) is 0. The molecule has 3 aromatic rings. The Morgan fingerprint density at radius 3 is 2.54 bits per heavy atom. The average Bonchev–Trinajstić information content (AvgIpc) is 2.69. The zero-order valence-electron chi connectivity index (χ0n) is 15.1. The second kappa shape index (κ2) is 7.26. The summed E-state index contributed by atoms with van der Waals surface area (Å²) in [5.41, 5.74) is 4.17. The van der Waals surface area contributed by atoms with Gasteiger partial charge in [0.05, 0.1) is 31.7 Å². The molecule has 0 aliphatic carbocycles. The van der Waals surface area contributed by atoms with Crippen molar-refractivity contribution in [3.8, 4) is 0 Å². The number of aryl methyl sites for hydroxylation is 1. The molecule has 0 spiro atoms. The Labute approximate surface area is 154 Å². The minimum absolute atomic E-state index is 0.0469. The van der Waals surface area contributed by atoms with Crippen LogP contribution in [-0.2, 0) is 6.54 Å². The number of carbonyl (C=O) groups is 1. The van der Waals surface area contributed by atoms with Crippen molar-refractivity contribution in [2.75, 3.05) is 26.2 Å². The van der Waals surface area contributed by atoms with E-state index in [9.17, 15) is 4.79 Å². The first-order valence-corrected chi connectivity index (χ1v) is 9.24. The number of amides is 1. The summed E-state index contributed by atoms with van der Waals surface area (Å²) in [6, 6.07) is 20.3. The normalized spacial score (nSPS) is 15.3. The first-order chi connectivity index (χ1) is 12.7. The molecule has 0 unspecified atom stereocenters. The van der Waals surface area contributed by atoms with Crippen molar-refractivity contribution in [3.05, 3.63) is 77.5 Å². The number of carbonyl (C=O) groups excluding carboxylic acids is 1. The molecular weight excluding hydrogens is 322 g/mol. The van der Waals surface area contributed by atoms with Crippen molar-refractivity contribution in [3.63, 3.8) is 0 Å². The Balaban J connectivity index is 1.40. The van der Waals surface area contributed by atoms with Gasteiger partial charge < -0.3 is 9.80 Å². The fraction of sp³-hybridized carbons (Fsp3) is 0.273. The highest BCUT2D eigenvalue weighted by atomic mass is 16.2. The molecule has 2 heterocycles. The van der Waals surface area contributed by atoms with Crippen molar-refractivity contribution in [2.24, 2.45) is 0 Å². The van der Waals surface area contributed by atoms with Crippen LogP contribution in [0, 0.1) is 6.92 Å². The van der Waals surface area contributed by atoms with Crippen LogP contribution in [0.2, 0.25) is 0 Å². The largest absolute Gasteiger partial charge is 0.328 e. The molecule has 1 saturated heterocycles. The fourth-order valence-electron chi connectivity index (χ4n) is 3.63. The third-order valence-corrected chi connectivity index (χ3v) is 5.28. The van der Waals surface area contributed by atoms with E-state index in [0.29, 0.717) is 5.69 Å². The molecular formula is C22H24N3O+. The van der Waals surface area contributed by atoms with Gasteiger partial charge in [0.15, 0.2) is 0 Å². The number of rotatable bonds is 3. The van der Waals surface area contributed by atoms with E-state index in [0.717, 1.165) is 43.6 Å². The fourth-order valence-corrected chi connectivity index (χ4v) is 3.63. The molecule has 1 aliphatic rings. The lowest BCUT2D eigenvalue weighted by molar-refractivity contribution is -0.917. The van der Waals surface area contributed by atoms with Gasteiger partial charge in [-0.3, -0.25) is 4.79 Å². The van der Waals surface area contributed by atoms with Crippen LogP contribution < -0.4 is 4.90 Å². The highest BCUT2D eigenvalue weighted by molar-refractivity contribution is 5.94. The van der Waals surface area contributed by atoms with Gasteiger partial charge in [0, 0.05) is 10.9 Å². The van der Waals surface area contributed by atoms with E-state index in [2.05, 4.69) is 36.2 Å². The summed E-state index contributed by atoms with van der Waals surface area (Å²) in [4.78, 5) is 20.8. The van der Waals surface area contributed by atoms with E-state index >= 15 is 0 Å². The molecule has 1 fully saturated rings. The summed E-state index contributed by atoms with van der Waals surface area (Å²) >= 11 is 0. The van der Waals surface area contributed by atoms with Crippen molar-refractivity contribution in [1.82, 2.24) is 9.88 Å². The lowest BCUT2D eigenvalue weighted by atomic mass is 10.1. The van der Waals surface area contributed by atoms with Crippen molar-refractivity contribution < 1.29 is 9.69 Å². The molecule has 1 amide bonds. The van der Waals surface area contributed by atoms with Gasteiger partial charge in [-0.25, -0.2) is 4.98 Å². The monoisotopic (exact) mass is 346 g/mol. The van der Waals surface area contributed by atoms with Crippen LogP contribution >= 0.6 is 0 Å². The zero-order chi connectivity index (χ0) is 17.9. The van der Waals surface area contributed by atoms with Crippen LogP contribution in [0.4, 0.5) is 0 Å². The number of hydrogen-bond donors (Lipinski definition) is 1. The molecule has 0 bridgehead atoms. The molecule has 4 rings (SSSR count). The Bertz CT molecular complexity index is 929. The van der Waals surface area contributed by atoms with Crippen molar-refractivity contribution >= 4 is 16.8 Å². The quantitative estimate of drug-likeness (QED) is 0.788. The lowest BCUT2D eigenvalue weighted by Gasteiger charge is -2.32. The number of piperazine rings is 1. The first-order valence-electron chi connectivity index (χ1n) is 9.24. The number of pyridine rings is 1. The molecule has 4 nitrogen and oxygen atoms in total. The minimum atomic E-state index is 0.0469. The molecule has 1 aliphatic heterocycles. The molecule has 1 N–H and O–H groups in total.